The van der Waals surface area contributed by atoms with Gasteiger partial charge in [0.05, 0.1) is 36.0 Å². The maximum Gasteiger partial charge on any atom is 0.338 e. The summed E-state index contributed by atoms with van der Waals surface area (Å²) in [6.45, 7) is 8.47. The van der Waals surface area contributed by atoms with E-state index in [0.717, 1.165) is 5.56 Å². The number of hydrogen-bond acceptors (Lipinski definition) is 6. The van der Waals surface area contributed by atoms with E-state index >= 15 is 0 Å². The Kier molecular flexibility index (Phi) is 7.35. The monoisotopic (exact) mass is 486 g/mol. The molecule has 9 heteroatoms. The number of esters is 1. The Balaban J connectivity index is 2.01. The van der Waals surface area contributed by atoms with E-state index in [2.05, 4.69) is 10.6 Å². The molecule has 2 aromatic rings. The van der Waals surface area contributed by atoms with Crippen molar-refractivity contribution in [3.05, 3.63) is 70.9 Å². The Hall–Kier alpha value is -3.33. The van der Waals surface area contributed by atoms with Crippen LogP contribution in [0.1, 0.15) is 44.9 Å². The van der Waals surface area contributed by atoms with Crippen LogP contribution in [0.15, 0.2) is 64.7 Å². The van der Waals surface area contributed by atoms with E-state index in [9.17, 15) is 18.0 Å². The van der Waals surface area contributed by atoms with Crippen LogP contribution in [0.4, 0.5) is 4.79 Å². The zero-order chi connectivity index (χ0) is 25.1. The third-order valence-corrected chi connectivity index (χ3v) is 7.16. The summed E-state index contributed by atoms with van der Waals surface area (Å²) in [6.07, 6.45) is 0. The second kappa shape index (κ2) is 9.89. The number of carbonyl (C=O) groups excluding carboxylic acids is 2. The maximum atomic E-state index is 13.2. The highest BCUT2D eigenvalue weighted by molar-refractivity contribution is 7.91. The lowest BCUT2D eigenvalue weighted by Gasteiger charge is -2.29. The molecule has 1 atom stereocenters. The Bertz CT molecular complexity index is 1190. The molecule has 0 aromatic heterocycles. The fourth-order valence-electron chi connectivity index (χ4n) is 3.69. The Morgan fingerprint density at radius 1 is 1.03 bits per heavy atom. The minimum absolute atomic E-state index is 0.0191. The van der Waals surface area contributed by atoms with Gasteiger partial charge in [-0.3, -0.25) is 0 Å². The molecule has 34 heavy (non-hydrogen) atoms. The highest BCUT2D eigenvalue weighted by Crippen LogP contribution is 2.31. The number of amides is 2. The predicted molar refractivity (Wildman–Crippen MR) is 128 cm³/mol. The van der Waals surface area contributed by atoms with E-state index in [-0.39, 0.29) is 21.6 Å². The van der Waals surface area contributed by atoms with Crippen molar-refractivity contribution in [2.45, 2.75) is 44.0 Å². The minimum Gasteiger partial charge on any atom is -0.494 e. The summed E-state index contributed by atoms with van der Waals surface area (Å²) in [6, 6.07) is 12.0. The summed E-state index contributed by atoms with van der Waals surface area (Å²) < 4.78 is 36.8. The van der Waals surface area contributed by atoms with Gasteiger partial charge in [-0.1, -0.05) is 45.0 Å². The van der Waals surface area contributed by atoms with E-state index in [1.54, 1.807) is 48.5 Å². The van der Waals surface area contributed by atoms with Gasteiger partial charge in [-0.25, -0.2) is 18.0 Å². The molecule has 2 aromatic carbocycles. The lowest BCUT2D eigenvalue weighted by molar-refractivity contribution is -0.136. The summed E-state index contributed by atoms with van der Waals surface area (Å²) in [5, 5.41) is 5.18. The van der Waals surface area contributed by atoms with Gasteiger partial charge in [0.2, 0.25) is 0 Å². The molecule has 0 spiro atoms. The minimum atomic E-state index is -3.87. The number of sulfone groups is 1. The van der Waals surface area contributed by atoms with Gasteiger partial charge in [0.15, 0.2) is 9.84 Å². The standard InChI is InChI=1S/C25H30N2O6S/c1-6-33-18-11-7-16(8-12-18)22-21(23(28)32-5)20(26-24(29)27-22)15-34(30,31)19-13-9-17(10-14-19)25(2,3)4/h7-14,22H,6,15H2,1-5H3,(H2,26,27,29)/t22-/m0/s1. The van der Waals surface area contributed by atoms with E-state index in [1.165, 1.54) is 7.11 Å². The molecule has 1 aliphatic rings. The van der Waals surface area contributed by atoms with Crippen molar-refractivity contribution < 1.29 is 27.5 Å². The van der Waals surface area contributed by atoms with E-state index in [4.69, 9.17) is 9.47 Å². The molecule has 8 nitrogen and oxygen atoms in total. The first-order chi connectivity index (χ1) is 16.0. The average Bonchev–Trinajstić information content (AvgIpc) is 2.78. The zero-order valence-electron chi connectivity index (χ0n) is 20.0. The van der Waals surface area contributed by atoms with Crippen molar-refractivity contribution in [3.63, 3.8) is 0 Å². The van der Waals surface area contributed by atoms with Gasteiger partial charge in [0.25, 0.3) is 0 Å². The van der Waals surface area contributed by atoms with E-state index < -0.39 is 33.6 Å². The van der Waals surface area contributed by atoms with Gasteiger partial charge >= 0.3 is 12.0 Å². The number of carbonyl (C=O) groups is 2. The first-order valence-corrected chi connectivity index (χ1v) is 12.6. The fourth-order valence-corrected chi connectivity index (χ4v) is 5.02. The lowest BCUT2D eigenvalue weighted by Crippen LogP contribution is -2.47. The Morgan fingerprint density at radius 2 is 1.65 bits per heavy atom. The number of ether oxygens (including phenoxy) is 2. The number of nitrogens with one attached hydrogen (secondary N) is 2. The molecular formula is C25H30N2O6S. The highest BCUT2D eigenvalue weighted by atomic mass is 32.2. The molecule has 0 radical (unpaired) electrons. The van der Waals surface area contributed by atoms with Crippen LogP contribution in [-0.4, -0.2) is 39.9 Å². The van der Waals surface area contributed by atoms with Crippen molar-refractivity contribution >= 4 is 21.8 Å². The van der Waals surface area contributed by atoms with Crippen LogP contribution in [0.5, 0.6) is 5.75 Å². The molecule has 3 rings (SSSR count). The first kappa shape index (κ1) is 25.3. The van der Waals surface area contributed by atoms with Gasteiger partial charge in [-0.05, 0) is 47.7 Å². The molecule has 0 bridgehead atoms. The quantitative estimate of drug-likeness (QED) is 0.578. The summed E-state index contributed by atoms with van der Waals surface area (Å²) in [7, 11) is -2.66. The van der Waals surface area contributed by atoms with Crippen LogP contribution >= 0.6 is 0 Å². The number of methoxy groups -OCH3 is 1. The van der Waals surface area contributed by atoms with Crippen molar-refractivity contribution in [2.75, 3.05) is 19.5 Å². The first-order valence-electron chi connectivity index (χ1n) is 10.9. The van der Waals surface area contributed by atoms with E-state index in [1.807, 2.05) is 27.7 Å². The summed E-state index contributed by atoms with van der Waals surface area (Å²) in [4.78, 5) is 25.3. The highest BCUT2D eigenvalue weighted by Gasteiger charge is 2.35. The van der Waals surface area contributed by atoms with Crippen molar-refractivity contribution in [3.8, 4) is 5.75 Å². The van der Waals surface area contributed by atoms with Gasteiger partial charge in [-0.2, -0.15) is 0 Å². The van der Waals surface area contributed by atoms with Crippen LogP contribution in [0, 0.1) is 0 Å². The molecule has 0 saturated carbocycles. The Morgan fingerprint density at radius 3 is 2.18 bits per heavy atom. The molecule has 0 fully saturated rings. The second-order valence-corrected chi connectivity index (χ2v) is 10.9. The summed E-state index contributed by atoms with van der Waals surface area (Å²) in [5.41, 5.74) is 1.46. The second-order valence-electron chi connectivity index (χ2n) is 8.95. The van der Waals surface area contributed by atoms with Crippen molar-refractivity contribution in [1.82, 2.24) is 10.6 Å². The van der Waals surface area contributed by atoms with Crippen molar-refractivity contribution in [1.29, 1.82) is 0 Å². The molecule has 0 aliphatic carbocycles. The summed E-state index contributed by atoms with van der Waals surface area (Å²) in [5.74, 6) is -0.663. The number of hydrogen-bond donors (Lipinski definition) is 2. The molecule has 0 unspecified atom stereocenters. The van der Waals surface area contributed by atoms with Gasteiger partial charge < -0.3 is 20.1 Å². The van der Waals surface area contributed by atoms with Gasteiger partial charge in [-0.15, -0.1) is 0 Å². The van der Waals surface area contributed by atoms with Gasteiger partial charge in [0, 0.05) is 5.70 Å². The largest absolute Gasteiger partial charge is 0.494 e. The SMILES string of the molecule is CCOc1ccc([C@@H]2NC(=O)NC(CS(=O)(=O)c3ccc(C(C)(C)C)cc3)=C2C(=O)OC)cc1. The molecule has 2 amide bonds. The molecule has 0 saturated heterocycles. The third kappa shape index (κ3) is 5.59. The number of urea groups is 1. The van der Waals surface area contributed by atoms with Gasteiger partial charge in [0.1, 0.15) is 5.75 Å². The van der Waals surface area contributed by atoms with Crippen LogP contribution < -0.4 is 15.4 Å². The van der Waals surface area contributed by atoms with E-state index in [0.29, 0.717) is 17.9 Å². The average molecular weight is 487 g/mol. The number of rotatable bonds is 7. The topological polar surface area (TPSA) is 111 Å². The van der Waals surface area contributed by atoms with Crippen LogP contribution in [0.3, 0.4) is 0 Å². The maximum absolute atomic E-state index is 13.2. The molecule has 1 aliphatic heterocycles. The van der Waals surface area contributed by atoms with Crippen LogP contribution in [0.25, 0.3) is 0 Å². The Labute approximate surface area is 200 Å². The summed E-state index contributed by atoms with van der Waals surface area (Å²) >= 11 is 0. The number of benzene rings is 2. The molecule has 2 N–H and O–H groups in total. The van der Waals surface area contributed by atoms with Crippen LogP contribution in [-0.2, 0) is 24.8 Å². The third-order valence-electron chi connectivity index (χ3n) is 5.50. The zero-order valence-corrected chi connectivity index (χ0v) is 20.8. The molecular weight excluding hydrogens is 456 g/mol. The fraction of sp³-hybridized carbons (Fsp3) is 0.360. The lowest BCUT2D eigenvalue weighted by atomic mass is 9.87. The smallest absolute Gasteiger partial charge is 0.338 e. The normalized spacial score (nSPS) is 16.5. The molecule has 182 valence electrons. The van der Waals surface area contributed by atoms with Crippen LogP contribution in [0.2, 0.25) is 0 Å². The molecule has 1 heterocycles. The van der Waals surface area contributed by atoms with Crippen molar-refractivity contribution in [2.24, 2.45) is 0 Å². The predicted octanol–water partition coefficient (Wildman–Crippen LogP) is 3.64.